The van der Waals surface area contributed by atoms with Gasteiger partial charge in [-0.3, -0.25) is 0 Å². The maximum atomic E-state index is 13.6. The van der Waals surface area contributed by atoms with Gasteiger partial charge in [-0.2, -0.15) is 0 Å². The van der Waals surface area contributed by atoms with Crippen molar-refractivity contribution in [3.63, 3.8) is 0 Å². The number of esters is 1. The lowest BCUT2D eigenvalue weighted by Gasteiger charge is -2.32. The van der Waals surface area contributed by atoms with Crippen molar-refractivity contribution in [3.8, 4) is 0 Å². The number of hydrogen-bond donors (Lipinski definition) is 0. The van der Waals surface area contributed by atoms with Crippen LogP contribution in [-0.2, 0) is 14.0 Å². The van der Waals surface area contributed by atoms with Crippen LogP contribution in [0.2, 0.25) is 0 Å². The van der Waals surface area contributed by atoms with Crippen molar-refractivity contribution in [2.24, 2.45) is 0 Å². The summed E-state index contributed by atoms with van der Waals surface area (Å²) in [5.41, 5.74) is -1.16. The van der Waals surface area contributed by atoms with Crippen molar-refractivity contribution in [2.45, 2.75) is 65.3 Å². The number of halogens is 1. The number of carbonyl (C=O) groups excluding carboxylic acids is 1. The van der Waals surface area contributed by atoms with Crippen molar-refractivity contribution >= 4 is 18.6 Å². The van der Waals surface area contributed by atoms with Gasteiger partial charge in [-0.25, -0.2) is 9.18 Å². The van der Waals surface area contributed by atoms with E-state index in [-0.39, 0.29) is 5.56 Å². The maximum Gasteiger partial charge on any atom is 0.495 e. The molecule has 0 amide bonds. The third-order valence-electron chi connectivity index (χ3n) is 4.14. The highest BCUT2D eigenvalue weighted by atomic mass is 19.1. The fraction of sp³-hybridized carbons (Fsp3) is 0.588. The minimum absolute atomic E-state index is 0.124. The van der Waals surface area contributed by atoms with Gasteiger partial charge in [-0.05, 0) is 66.1 Å². The molecule has 0 aliphatic carbocycles. The van der Waals surface area contributed by atoms with Crippen LogP contribution < -0.4 is 5.46 Å². The van der Waals surface area contributed by atoms with Crippen LogP contribution in [-0.4, -0.2) is 29.9 Å². The molecule has 0 bridgehead atoms. The quantitative estimate of drug-likeness (QED) is 0.620. The number of hydrogen-bond acceptors (Lipinski definition) is 4. The van der Waals surface area contributed by atoms with Crippen LogP contribution >= 0.6 is 0 Å². The molecule has 4 nitrogen and oxygen atoms in total. The van der Waals surface area contributed by atoms with E-state index in [4.69, 9.17) is 14.0 Å². The van der Waals surface area contributed by atoms with Gasteiger partial charge in [0.05, 0.1) is 16.8 Å². The summed E-state index contributed by atoms with van der Waals surface area (Å²) in [5.74, 6) is -1.10. The summed E-state index contributed by atoms with van der Waals surface area (Å²) in [5, 5.41) is 0. The molecule has 0 radical (unpaired) electrons. The van der Waals surface area contributed by atoms with E-state index in [0.717, 1.165) is 6.07 Å². The molecule has 126 valence electrons. The highest BCUT2D eigenvalue weighted by Gasteiger charge is 2.52. The highest BCUT2D eigenvalue weighted by molar-refractivity contribution is 6.63. The first kappa shape index (κ1) is 18.0. The Hall–Kier alpha value is -1.40. The van der Waals surface area contributed by atoms with E-state index < -0.39 is 35.7 Å². The molecule has 0 unspecified atom stereocenters. The molecule has 1 aromatic carbocycles. The van der Waals surface area contributed by atoms with E-state index in [1.54, 1.807) is 20.8 Å². The summed E-state index contributed by atoms with van der Waals surface area (Å²) in [6, 6.07) is 3.96. The van der Waals surface area contributed by atoms with E-state index in [0.29, 0.717) is 5.46 Å². The molecule has 6 heteroatoms. The number of carbonyl (C=O) groups is 1. The van der Waals surface area contributed by atoms with Crippen molar-refractivity contribution in [2.75, 3.05) is 0 Å². The minimum atomic E-state index is -0.747. The SMILES string of the molecule is CC(C)(C)OC(=O)c1cc(F)ccc1B1OC(C)(C)C(C)(C)O1. The van der Waals surface area contributed by atoms with Crippen LogP contribution in [0.15, 0.2) is 18.2 Å². The lowest BCUT2D eigenvalue weighted by Crippen LogP contribution is -2.41. The molecule has 0 aromatic heterocycles. The van der Waals surface area contributed by atoms with E-state index in [2.05, 4.69) is 0 Å². The second kappa shape index (κ2) is 5.60. The summed E-state index contributed by atoms with van der Waals surface area (Å²) in [4.78, 5) is 12.4. The van der Waals surface area contributed by atoms with Gasteiger partial charge in [0.15, 0.2) is 0 Å². The molecule has 1 aliphatic rings. The topological polar surface area (TPSA) is 44.8 Å². The van der Waals surface area contributed by atoms with E-state index in [1.165, 1.54) is 12.1 Å². The van der Waals surface area contributed by atoms with Crippen LogP contribution in [0.4, 0.5) is 4.39 Å². The lowest BCUT2D eigenvalue weighted by atomic mass is 9.76. The third kappa shape index (κ3) is 3.75. The zero-order chi connectivity index (χ0) is 17.6. The van der Waals surface area contributed by atoms with Crippen molar-refractivity contribution in [3.05, 3.63) is 29.6 Å². The van der Waals surface area contributed by atoms with Gasteiger partial charge in [0.1, 0.15) is 11.4 Å². The number of rotatable bonds is 2. The van der Waals surface area contributed by atoms with Crippen molar-refractivity contribution in [1.29, 1.82) is 0 Å². The Bertz CT molecular complexity index is 604. The van der Waals surface area contributed by atoms with Crippen LogP contribution in [0.3, 0.4) is 0 Å². The second-order valence-electron chi connectivity index (χ2n) is 7.82. The lowest BCUT2D eigenvalue weighted by molar-refractivity contribution is 0.00578. The Morgan fingerprint density at radius 1 is 1.13 bits per heavy atom. The highest BCUT2D eigenvalue weighted by Crippen LogP contribution is 2.36. The van der Waals surface area contributed by atoms with Gasteiger partial charge in [-0.1, -0.05) is 6.07 Å². The second-order valence-corrected chi connectivity index (χ2v) is 7.82. The van der Waals surface area contributed by atoms with Gasteiger partial charge < -0.3 is 14.0 Å². The first-order chi connectivity index (χ1) is 10.3. The van der Waals surface area contributed by atoms with Crippen molar-refractivity contribution in [1.82, 2.24) is 0 Å². The summed E-state index contributed by atoms with van der Waals surface area (Å²) in [6.07, 6.45) is 0. The van der Waals surface area contributed by atoms with Crippen LogP contribution in [0.5, 0.6) is 0 Å². The molecule has 23 heavy (non-hydrogen) atoms. The molecular weight excluding hydrogens is 298 g/mol. The monoisotopic (exact) mass is 322 g/mol. The Balaban J connectivity index is 2.39. The van der Waals surface area contributed by atoms with E-state index in [9.17, 15) is 9.18 Å². The largest absolute Gasteiger partial charge is 0.495 e. The van der Waals surface area contributed by atoms with Gasteiger partial charge in [0.25, 0.3) is 0 Å². The normalized spacial score (nSPS) is 19.7. The summed E-state index contributed by atoms with van der Waals surface area (Å²) >= 11 is 0. The molecule has 0 atom stereocenters. The third-order valence-corrected chi connectivity index (χ3v) is 4.14. The minimum Gasteiger partial charge on any atom is -0.456 e. The Labute approximate surface area is 137 Å². The van der Waals surface area contributed by atoms with E-state index >= 15 is 0 Å². The molecule has 1 heterocycles. The van der Waals surface area contributed by atoms with Gasteiger partial charge >= 0.3 is 13.1 Å². The fourth-order valence-electron chi connectivity index (χ4n) is 2.21. The predicted molar refractivity (Wildman–Crippen MR) is 87.3 cm³/mol. The molecule has 2 rings (SSSR count). The Morgan fingerprint density at radius 2 is 1.65 bits per heavy atom. The van der Waals surface area contributed by atoms with Gasteiger partial charge in [0.2, 0.25) is 0 Å². The van der Waals surface area contributed by atoms with Gasteiger partial charge in [0, 0.05) is 0 Å². The Morgan fingerprint density at radius 3 is 2.13 bits per heavy atom. The summed E-state index contributed by atoms with van der Waals surface area (Å²) in [7, 11) is -0.747. The molecule has 1 fully saturated rings. The average molecular weight is 322 g/mol. The van der Waals surface area contributed by atoms with Crippen LogP contribution in [0, 0.1) is 5.82 Å². The Kier molecular flexibility index (Phi) is 4.37. The maximum absolute atomic E-state index is 13.6. The summed E-state index contributed by atoms with van der Waals surface area (Å²) in [6.45, 7) is 13.0. The van der Waals surface area contributed by atoms with Gasteiger partial charge in [-0.15, -0.1) is 0 Å². The predicted octanol–water partition coefficient (Wildman–Crippen LogP) is 3.08. The smallest absolute Gasteiger partial charge is 0.456 e. The first-order valence-corrected chi connectivity index (χ1v) is 7.71. The number of ether oxygens (including phenoxy) is 1. The molecular formula is C17H24BFO4. The standard InChI is InChI=1S/C17H24BFO4/c1-15(2,3)21-14(20)12-10-11(19)8-9-13(12)18-22-16(4,5)17(6,7)23-18/h8-10H,1-7H3. The first-order valence-electron chi connectivity index (χ1n) is 7.71. The molecule has 1 aliphatic heterocycles. The number of benzene rings is 1. The molecule has 1 saturated heterocycles. The zero-order valence-electron chi connectivity index (χ0n) is 14.8. The molecule has 0 saturated carbocycles. The zero-order valence-corrected chi connectivity index (χ0v) is 14.8. The molecule has 0 N–H and O–H groups in total. The van der Waals surface area contributed by atoms with Crippen LogP contribution in [0.25, 0.3) is 0 Å². The van der Waals surface area contributed by atoms with Crippen LogP contribution in [0.1, 0.15) is 58.8 Å². The fourth-order valence-corrected chi connectivity index (χ4v) is 2.21. The molecule has 0 spiro atoms. The average Bonchev–Trinajstić information content (AvgIpc) is 2.56. The molecule has 1 aromatic rings. The van der Waals surface area contributed by atoms with Crippen molar-refractivity contribution < 1.29 is 23.2 Å². The van der Waals surface area contributed by atoms with E-state index in [1.807, 2.05) is 27.7 Å². The summed E-state index contributed by atoms with van der Waals surface area (Å²) < 4.78 is 30.9.